The summed E-state index contributed by atoms with van der Waals surface area (Å²) in [5.41, 5.74) is 7.42. The van der Waals surface area contributed by atoms with Gasteiger partial charge in [-0.15, -0.1) is 12.4 Å². The van der Waals surface area contributed by atoms with E-state index in [1.807, 2.05) is 18.2 Å². The van der Waals surface area contributed by atoms with Gasteiger partial charge in [-0.25, -0.2) is 0 Å². The van der Waals surface area contributed by atoms with Crippen molar-refractivity contribution < 1.29 is 9.53 Å². The van der Waals surface area contributed by atoms with Gasteiger partial charge in [0.25, 0.3) is 0 Å². The van der Waals surface area contributed by atoms with Gasteiger partial charge >= 0.3 is 0 Å². The molecule has 25 heavy (non-hydrogen) atoms. The number of amides is 1. The molecule has 0 spiro atoms. The van der Waals surface area contributed by atoms with E-state index >= 15 is 0 Å². The maximum Gasteiger partial charge on any atom is 0.237 e. The largest absolute Gasteiger partial charge is 0.381 e. The number of halogens is 2. The van der Waals surface area contributed by atoms with Crippen LogP contribution in [-0.2, 0) is 14.9 Å². The lowest BCUT2D eigenvalue weighted by atomic mass is 9.78. The van der Waals surface area contributed by atoms with Crippen molar-refractivity contribution in [2.24, 2.45) is 11.7 Å². The summed E-state index contributed by atoms with van der Waals surface area (Å²) >= 11 is 6.18. The van der Waals surface area contributed by atoms with Crippen LogP contribution in [0.4, 0.5) is 0 Å². The van der Waals surface area contributed by atoms with Crippen molar-refractivity contribution in [1.29, 1.82) is 0 Å². The highest BCUT2D eigenvalue weighted by atomic mass is 35.5. The monoisotopic (exact) mass is 386 g/mol. The van der Waals surface area contributed by atoms with E-state index in [1.165, 1.54) is 18.4 Å². The Hall–Kier alpha value is -0.810. The van der Waals surface area contributed by atoms with Gasteiger partial charge in [-0.2, -0.15) is 0 Å². The SMILES string of the molecule is Cl.NC(C(=O)NCC1(c2cccc(Cl)c2)CCCC1)C1CCOCC1. The Bertz CT molecular complexity index is 570. The van der Waals surface area contributed by atoms with E-state index in [9.17, 15) is 4.79 Å². The number of ether oxygens (including phenoxy) is 1. The second-order valence-corrected chi connectivity index (χ2v) is 7.63. The van der Waals surface area contributed by atoms with E-state index in [2.05, 4.69) is 11.4 Å². The van der Waals surface area contributed by atoms with Crippen LogP contribution in [0.2, 0.25) is 5.02 Å². The average molecular weight is 387 g/mol. The predicted molar refractivity (Wildman–Crippen MR) is 103 cm³/mol. The molecule has 4 nitrogen and oxygen atoms in total. The smallest absolute Gasteiger partial charge is 0.237 e. The molecule has 1 unspecified atom stereocenters. The highest BCUT2D eigenvalue weighted by Crippen LogP contribution is 2.41. The Morgan fingerprint density at radius 2 is 2.00 bits per heavy atom. The number of carbonyl (C=O) groups excluding carboxylic acids is 1. The highest BCUT2D eigenvalue weighted by Gasteiger charge is 2.37. The van der Waals surface area contributed by atoms with Crippen LogP contribution in [-0.4, -0.2) is 31.7 Å². The number of hydrogen-bond donors (Lipinski definition) is 2. The molecule has 0 bridgehead atoms. The summed E-state index contributed by atoms with van der Waals surface area (Å²) in [6.45, 7) is 2.05. The molecule has 1 heterocycles. The summed E-state index contributed by atoms with van der Waals surface area (Å²) in [5, 5.41) is 3.89. The van der Waals surface area contributed by atoms with Crippen LogP contribution in [0.5, 0.6) is 0 Å². The number of benzene rings is 1. The third-order valence-corrected chi connectivity index (χ3v) is 5.91. The molecule has 1 atom stereocenters. The van der Waals surface area contributed by atoms with Gasteiger partial charge in [0.2, 0.25) is 5.91 Å². The Labute approximate surface area is 161 Å². The Balaban J connectivity index is 0.00000225. The van der Waals surface area contributed by atoms with Crippen LogP contribution in [0.25, 0.3) is 0 Å². The molecule has 2 aliphatic rings. The van der Waals surface area contributed by atoms with Crippen molar-refractivity contribution in [1.82, 2.24) is 5.32 Å². The quantitative estimate of drug-likeness (QED) is 0.814. The molecule has 1 aliphatic heterocycles. The van der Waals surface area contributed by atoms with Gasteiger partial charge < -0.3 is 15.8 Å². The molecule has 1 aliphatic carbocycles. The highest BCUT2D eigenvalue weighted by molar-refractivity contribution is 6.30. The molecule has 0 radical (unpaired) electrons. The summed E-state index contributed by atoms with van der Waals surface area (Å²) in [6, 6.07) is 7.62. The van der Waals surface area contributed by atoms with Gasteiger partial charge in [-0.05, 0) is 49.3 Å². The molecule has 0 aromatic heterocycles. The topological polar surface area (TPSA) is 64.4 Å². The fourth-order valence-corrected chi connectivity index (χ4v) is 4.29. The predicted octanol–water partition coefficient (Wildman–Crippen LogP) is 3.44. The number of nitrogens with two attached hydrogens (primary N) is 1. The second-order valence-electron chi connectivity index (χ2n) is 7.19. The van der Waals surface area contributed by atoms with E-state index in [1.54, 1.807) is 0 Å². The lowest BCUT2D eigenvalue weighted by Crippen LogP contribution is -2.50. The number of nitrogens with one attached hydrogen (secondary N) is 1. The fraction of sp³-hybridized carbons (Fsp3) is 0.632. The van der Waals surface area contributed by atoms with Gasteiger partial charge in [-0.1, -0.05) is 36.6 Å². The zero-order valence-electron chi connectivity index (χ0n) is 14.5. The molecule has 1 saturated heterocycles. The molecular weight excluding hydrogens is 359 g/mol. The molecule has 3 N–H and O–H groups in total. The fourth-order valence-electron chi connectivity index (χ4n) is 4.10. The van der Waals surface area contributed by atoms with Crippen molar-refractivity contribution >= 4 is 29.9 Å². The van der Waals surface area contributed by atoms with E-state index in [0.29, 0.717) is 19.8 Å². The first-order chi connectivity index (χ1) is 11.6. The standard InChI is InChI=1S/C19H27ClN2O2.ClH/c20-16-5-3-4-15(12-16)19(8-1-2-9-19)13-22-18(23)17(21)14-6-10-24-11-7-14;/h3-5,12,14,17H,1-2,6-11,13,21H2,(H,22,23);1H. The first kappa shape index (κ1) is 20.5. The zero-order chi connectivity index (χ0) is 17.0. The summed E-state index contributed by atoms with van der Waals surface area (Å²) in [7, 11) is 0. The second kappa shape index (κ2) is 9.22. The van der Waals surface area contributed by atoms with Crippen LogP contribution >= 0.6 is 24.0 Å². The minimum atomic E-state index is -0.438. The summed E-state index contributed by atoms with van der Waals surface area (Å²) in [4.78, 5) is 12.5. The third kappa shape index (κ3) is 4.88. The van der Waals surface area contributed by atoms with Gasteiger partial charge in [0.1, 0.15) is 0 Å². The molecule has 1 aromatic carbocycles. The van der Waals surface area contributed by atoms with Crippen LogP contribution in [0.3, 0.4) is 0 Å². The Morgan fingerprint density at radius 1 is 1.32 bits per heavy atom. The van der Waals surface area contributed by atoms with Crippen molar-refractivity contribution in [2.75, 3.05) is 19.8 Å². The maximum atomic E-state index is 12.5. The average Bonchev–Trinajstić information content (AvgIpc) is 3.10. The van der Waals surface area contributed by atoms with Crippen molar-refractivity contribution in [2.45, 2.75) is 50.0 Å². The van der Waals surface area contributed by atoms with E-state index < -0.39 is 6.04 Å². The molecule has 2 fully saturated rings. The van der Waals surface area contributed by atoms with Gasteiger partial charge in [0.05, 0.1) is 6.04 Å². The minimum absolute atomic E-state index is 0. The van der Waals surface area contributed by atoms with E-state index in [-0.39, 0.29) is 29.6 Å². The minimum Gasteiger partial charge on any atom is -0.381 e. The van der Waals surface area contributed by atoms with Crippen LogP contribution in [0.15, 0.2) is 24.3 Å². The van der Waals surface area contributed by atoms with Crippen LogP contribution in [0, 0.1) is 5.92 Å². The molecular formula is C19H28Cl2N2O2. The molecule has 6 heteroatoms. The number of hydrogen-bond acceptors (Lipinski definition) is 3. The maximum absolute atomic E-state index is 12.5. The first-order valence-electron chi connectivity index (χ1n) is 8.98. The lowest BCUT2D eigenvalue weighted by Gasteiger charge is -2.32. The number of rotatable bonds is 5. The third-order valence-electron chi connectivity index (χ3n) is 5.68. The Morgan fingerprint density at radius 3 is 2.64 bits per heavy atom. The van der Waals surface area contributed by atoms with Crippen molar-refractivity contribution in [3.05, 3.63) is 34.9 Å². The summed E-state index contributed by atoms with van der Waals surface area (Å²) < 4.78 is 5.36. The number of carbonyl (C=O) groups is 1. The van der Waals surface area contributed by atoms with Gasteiger partial charge in [0.15, 0.2) is 0 Å². The zero-order valence-corrected chi connectivity index (χ0v) is 16.1. The Kier molecular flexibility index (Phi) is 7.56. The van der Waals surface area contributed by atoms with Gasteiger partial charge in [-0.3, -0.25) is 4.79 Å². The van der Waals surface area contributed by atoms with Crippen LogP contribution < -0.4 is 11.1 Å². The van der Waals surface area contributed by atoms with Crippen LogP contribution in [0.1, 0.15) is 44.1 Å². The molecule has 140 valence electrons. The molecule has 1 aromatic rings. The van der Waals surface area contributed by atoms with Crippen molar-refractivity contribution in [3.63, 3.8) is 0 Å². The lowest BCUT2D eigenvalue weighted by molar-refractivity contribution is -0.124. The molecule has 1 amide bonds. The first-order valence-corrected chi connectivity index (χ1v) is 9.36. The van der Waals surface area contributed by atoms with Gasteiger partial charge in [0, 0.05) is 30.2 Å². The summed E-state index contributed by atoms with van der Waals surface area (Å²) in [5.74, 6) is 0.194. The van der Waals surface area contributed by atoms with Crippen molar-refractivity contribution in [3.8, 4) is 0 Å². The van der Waals surface area contributed by atoms with E-state index in [0.717, 1.165) is 30.7 Å². The molecule has 1 saturated carbocycles. The van der Waals surface area contributed by atoms with E-state index in [4.69, 9.17) is 22.1 Å². The normalized spacial score (nSPS) is 21.4. The summed E-state index contributed by atoms with van der Waals surface area (Å²) in [6.07, 6.45) is 6.28. The molecule has 3 rings (SSSR count).